The Balaban J connectivity index is 2.54. The van der Waals surface area contributed by atoms with Crippen molar-refractivity contribution in [3.8, 4) is 0 Å². The van der Waals surface area contributed by atoms with Gasteiger partial charge in [-0.3, -0.25) is 0 Å². The molecule has 0 fully saturated rings. The molecule has 0 radical (unpaired) electrons. The van der Waals surface area contributed by atoms with Crippen molar-refractivity contribution < 1.29 is 0 Å². The van der Waals surface area contributed by atoms with Crippen LogP contribution in [-0.2, 0) is 5.75 Å². The van der Waals surface area contributed by atoms with Gasteiger partial charge >= 0.3 is 0 Å². The summed E-state index contributed by atoms with van der Waals surface area (Å²) in [5, 5.41) is 0.816. The van der Waals surface area contributed by atoms with Gasteiger partial charge in [0.2, 0.25) is 0 Å². The second kappa shape index (κ2) is 5.81. The molecule has 18 heavy (non-hydrogen) atoms. The van der Waals surface area contributed by atoms with Crippen molar-refractivity contribution in [1.82, 2.24) is 0 Å². The van der Waals surface area contributed by atoms with Crippen molar-refractivity contribution in [1.29, 1.82) is 0 Å². The minimum Gasteiger partial charge on any atom is -0.121 e. The molecule has 94 valence electrons. The first-order chi connectivity index (χ1) is 8.67. The number of fused-ring (bicyclic) bond motifs is 1. The summed E-state index contributed by atoms with van der Waals surface area (Å²) in [6.07, 6.45) is 6.25. The second-order valence-electron chi connectivity index (χ2n) is 4.38. The smallest absolute Gasteiger partial charge is 0.0409 e. The molecule has 0 amide bonds. The molecule has 1 unspecified atom stereocenters. The molecule has 1 atom stereocenters. The van der Waals surface area contributed by atoms with Crippen molar-refractivity contribution in [2.75, 3.05) is 0 Å². The highest BCUT2D eigenvalue weighted by Crippen LogP contribution is 2.40. The lowest BCUT2D eigenvalue weighted by Gasteiger charge is -2.15. The normalized spacial score (nSPS) is 19.8. The Morgan fingerprint density at radius 3 is 2.89 bits per heavy atom. The maximum Gasteiger partial charge on any atom is 0.0409 e. The quantitative estimate of drug-likeness (QED) is 0.667. The van der Waals surface area contributed by atoms with Crippen molar-refractivity contribution >= 4 is 23.4 Å². The zero-order valence-corrected chi connectivity index (χ0v) is 12.3. The number of hydrogen-bond donors (Lipinski definition) is 0. The van der Waals surface area contributed by atoms with Crippen LogP contribution in [0.1, 0.15) is 30.9 Å². The minimum absolute atomic E-state index is 0.386. The van der Waals surface area contributed by atoms with E-state index in [0.29, 0.717) is 5.92 Å². The SMILES string of the molecule is C=CC1=C(/C=C\C)C(C)c2ccc(Cl)cc2CS1. The van der Waals surface area contributed by atoms with E-state index >= 15 is 0 Å². The lowest BCUT2D eigenvalue weighted by atomic mass is 9.89. The van der Waals surface area contributed by atoms with Gasteiger partial charge in [0.25, 0.3) is 0 Å². The fraction of sp³-hybridized carbons (Fsp3) is 0.250. The van der Waals surface area contributed by atoms with Crippen LogP contribution in [0.5, 0.6) is 0 Å². The molecule has 0 N–H and O–H groups in total. The highest BCUT2D eigenvalue weighted by Gasteiger charge is 2.20. The molecule has 0 spiro atoms. The molecule has 1 aliphatic heterocycles. The van der Waals surface area contributed by atoms with E-state index in [1.54, 1.807) is 0 Å². The number of rotatable bonds is 2. The summed E-state index contributed by atoms with van der Waals surface area (Å²) in [4.78, 5) is 1.27. The van der Waals surface area contributed by atoms with Crippen molar-refractivity contribution in [3.05, 3.63) is 69.6 Å². The van der Waals surface area contributed by atoms with Crippen molar-refractivity contribution in [2.24, 2.45) is 0 Å². The Labute approximate surface area is 118 Å². The zero-order valence-electron chi connectivity index (χ0n) is 10.7. The standard InChI is InChI=1S/C16H17ClS/c1-4-6-15-11(3)14-8-7-13(17)9-12(14)10-18-16(15)5-2/h4-9,11H,2,10H2,1,3H3/b6-4-. The Hall–Kier alpha value is -0.920. The minimum atomic E-state index is 0.386. The molecule has 1 aliphatic rings. The van der Waals surface area contributed by atoms with Gasteiger partial charge in [0.15, 0.2) is 0 Å². The van der Waals surface area contributed by atoms with Gasteiger partial charge in [-0.1, -0.05) is 49.4 Å². The molecular weight excluding hydrogens is 260 g/mol. The molecule has 0 saturated carbocycles. The predicted molar refractivity (Wildman–Crippen MR) is 83.2 cm³/mol. The first-order valence-corrected chi connectivity index (χ1v) is 7.44. The number of halogens is 1. The fourth-order valence-electron chi connectivity index (χ4n) is 2.32. The number of thioether (sulfide) groups is 1. The molecule has 0 aromatic heterocycles. The van der Waals surface area contributed by atoms with Gasteiger partial charge in [-0.25, -0.2) is 0 Å². The van der Waals surface area contributed by atoms with Crippen LogP contribution in [0, 0.1) is 0 Å². The highest BCUT2D eigenvalue weighted by molar-refractivity contribution is 8.02. The lowest BCUT2D eigenvalue weighted by Crippen LogP contribution is -1.99. The summed E-state index contributed by atoms with van der Waals surface area (Å²) < 4.78 is 0. The second-order valence-corrected chi connectivity index (χ2v) is 5.83. The van der Waals surface area contributed by atoms with Crippen LogP contribution in [0.3, 0.4) is 0 Å². The van der Waals surface area contributed by atoms with Crippen LogP contribution in [0.4, 0.5) is 0 Å². The number of benzene rings is 1. The van der Waals surface area contributed by atoms with Crippen LogP contribution in [0.15, 0.2) is 53.5 Å². The lowest BCUT2D eigenvalue weighted by molar-refractivity contribution is 0.909. The Bertz CT molecular complexity index is 526. The van der Waals surface area contributed by atoms with Gasteiger partial charge in [-0.2, -0.15) is 0 Å². The highest BCUT2D eigenvalue weighted by atomic mass is 35.5. The first kappa shape index (κ1) is 13.5. The summed E-state index contributed by atoms with van der Waals surface area (Å²) >= 11 is 7.93. The van der Waals surface area contributed by atoms with Crippen LogP contribution >= 0.6 is 23.4 Å². The first-order valence-electron chi connectivity index (χ1n) is 6.07. The van der Waals surface area contributed by atoms with Gasteiger partial charge in [0.05, 0.1) is 0 Å². The summed E-state index contributed by atoms with van der Waals surface area (Å²) in [5.74, 6) is 1.35. The summed E-state index contributed by atoms with van der Waals surface area (Å²) in [5.41, 5.74) is 4.05. The van der Waals surface area contributed by atoms with Crippen molar-refractivity contribution in [2.45, 2.75) is 25.5 Å². The molecule has 2 heteroatoms. The molecule has 2 rings (SSSR count). The predicted octanol–water partition coefficient (Wildman–Crippen LogP) is 5.71. The fourth-order valence-corrected chi connectivity index (χ4v) is 3.61. The van der Waals surface area contributed by atoms with Gasteiger partial charge in [-0.15, -0.1) is 11.8 Å². The van der Waals surface area contributed by atoms with E-state index in [1.807, 2.05) is 23.9 Å². The molecular formula is C16H17ClS. The van der Waals surface area contributed by atoms with Gasteiger partial charge in [0.1, 0.15) is 0 Å². The van der Waals surface area contributed by atoms with Crippen molar-refractivity contribution in [3.63, 3.8) is 0 Å². The molecule has 0 bridgehead atoms. The molecule has 0 saturated heterocycles. The summed E-state index contributed by atoms with van der Waals surface area (Å²) in [7, 11) is 0. The molecule has 0 nitrogen and oxygen atoms in total. The molecule has 1 aromatic carbocycles. The average Bonchev–Trinajstić information content (AvgIpc) is 2.49. The Morgan fingerprint density at radius 2 is 2.22 bits per heavy atom. The summed E-state index contributed by atoms with van der Waals surface area (Å²) in [6, 6.07) is 6.21. The monoisotopic (exact) mass is 276 g/mol. The van der Waals surface area contributed by atoms with Gasteiger partial charge in [0, 0.05) is 21.6 Å². The van der Waals surface area contributed by atoms with E-state index in [2.05, 4.69) is 44.7 Å². The van der Waals surface area contributed by atoms with Crippen LogP contribution < -0.4 is 0 Å². The van der Waals surface area contributed by atoms with Gasteiger partial charge < -0.3 is 0 Å². The average molecular weight is 277 g/mol. The Kier molecular flexibility index (Phi) is 4.36. The van der Waals surface area contributed by atoms with Crippen LogP contribution in [0.25, 0.3) is 0 Å². The summed E-state index contributed by atoms with van der Waals surface area (Å²) in [6.45, 7) is 8.24. The topological polar surface area (TPSA) is 0 Å². The molecule has 1 aromatic rings. The third-order valence-electron chi connectivity index (χ3n) is 3.24. The van der Waals surface area contributed by atoms with E-state index in [9.17, 15) is 0 Å². The van der Waals surface area contributed by atoms with E-state index in [-0.39, 0.29) is 0 Å². The zero-order chi connectivity index (χ0) is 13.1. The number of hydrogen-bond acceptors (Lipinski definition) is 1. The van der Waals surface area contributed by atoms with E-state index in [4.69, 9.17) is 11.6 Å². The third kappa shape index (κ3) is 2.57. The van der Waals surface area contributed by atoms with Gasteiger partial charge in [-0.05, 0) is 35.8 Å². The van der Waals surface area contributed by atoms with Crippen LogP contribution in [-0.4, -0.2) is 0 Å². The largest absolute Gasteiger partial charge is 0.121 e. The molecule has 0 aliphatic carbocycles. The van der Waals surface area contributed by atoms with Crippen LogP contribution in [0.2, 0.25) is 5.02 Å². The maximum absolute atomic E-state index is 6.09. The number of allylic oxidation sites excluding steroid dienone is 4. The molecule has 1 heterocycles. The van der Waals surface area contributed by atoms with E-state index < -0.39 is 0 Å². The van der Waals surface area contributed by atoms with E-state index in [1.165, 1.54) is 21.6 Å². The maximum atomic E-state index is 6.09. The Morgan fingerprint density at radius 1 is 1.44 bits per heavy atom. The third-order valence-corrected chi connectivity index (χ3v) is 4.64. The van der Waals surface area contributed by atoms with E-state index in [0.717, 1.165) is 10.8 Å².